The molecule has 0 unspecified atom stereocenters. The van der Waals surface area contributed by atoms with Crippen molar-refractivity contribution >= 4 is 11.9 Å². The van der Waals surface area contributed by atoms with Gasteiger partial charge in [0.1, 0.15) is 11.2 Å². The van der Waals surface area contributed by atoms with Crippen molar-refractivity contribution in [2.75, 3.05) is 0 Å². The first kappa shape index (κ1) is 37.1. The van der Waals surface area contributed by atoms with Gasteiger partial charge >= 0.3 is 11.9 Å². The lowest BCUT2D eigenvalue weighted by atomic mass is 9.64. The van der Waals surface area contributed by atoms with Crippen LogP contribution in [-0.2, 0) is 19.1 Å². The van der Waals surface area contributed by atoms with E-state index in [2.05, 4.69) is 83.1 Å². The lowest BCUT2D eigenvalue weighted by Crippen LogP contribution is -2.49. The Balaban J connectivity index is 2.27. The summed E-state index contributed by atoms with van der Waals surface area (Å²) in [5, 5.41) is 0. The van der Waals surface area contributed by atoms with Gasteiger partial charge in [-0.2, -0.15) is 0 Å². The Morgan fingerprint density at radius 3 is 0.905 bits per heavy atom. The third kappa shape index (κ3) is 12.9. The highest BCUT2D eigenvalue weighted by Crippen LogP contribution is 2.50. The van der Waals surface area contributed by atoms with Gasteiger partial charge in [-0.15, -0.1) is 0 Å². The van der Waals surface area contributed by atoms with Crippen molar-refractivity contribution in [3.63, 3.8) is 0 Å². The Morgan fingerprint density at radius 1 is 0.452 bits per heavy atom. The van der Waals surface area contributed by atoms with Crippen molar-refractivity contribution in [3.8, 4) is 0 Å². The molecule has 0 spiro atoms. The number of hydrogen-bond donors (Lipinski definition) is 0. The molecule has 0 heterocycles. The zero-order chi connectivity index (χ0) is 32.0. The van der Waals surface area contributed by atoms with Crippen LogP contribution in [0.3, 0.4) is 0 Å². The van der Waals surface area contributed by atoms with Crippen LogP contribution in [-0.4, -0.2) is 23.1 Å². The van der Waals surface area contributed by atoms with Crippen molar-refractivity contribution in [2.24, 2.45) is 33.5 Å². The Kier molecular flexibility index (Phi) is 12.7. The largest absolute Gasteiger partial charge is 0.459 e. The van der Waals surface area contributed by atoms with Gasteiger partial charge in [-0.25, -0.2) is 0 Å². The predicted octanol–water partition coefficient (Wildman–Crippen LogP) is 11.2. The van der Waals surface area contributed by atoms with Gasteiger partial charge in [-0.05, 0) is 84.9 Å². The second-order valence-electron chi connectivity index (χ2n) is 19.2. The van der Waals surface area contributed by atoms with Crippen LogP contribution in [0.2, 0.25) is 0 Å². The predicted molar refractivity (Wildman–Crippen MR) is 176 cm³/mol. The fourth-order valence-corrected chi connectivity index (χ4v) is 8.62. The third-order valence-electron chi connectivity index (χ3n) is 9.18. The normalized spacial score (nSPS) is 19.0. The van der Waals surface area contributed by atoms with Gasteiger partial charge in [-0.1, -0.05) is 122 Å². The van der Waals surface area contributed by atoms with E-state index in [0.717, 1.165) is 51.4 Å². The molecule has 0 aromatic heterocycles. The molecular formula is C38H70O4. The number of carbonyl (C=O) groups is 2. The summed E-state index contributed by atoms with van der Waals surface area (Å²) in [5.74, 6) is 0.276. The minimum Gasteiger partial charge on any atom is -0.459 e. The lowest BCUT2D eigenvalue weighted by molar-refractivity contribution is -0.185. The summed E-state index contributed by atoms with van der Waals surface area (Å²) >= 11 is 0. The molecule has 0 N–H and O–H groups in total. The van der Waals surface area contributed by atoms with Crippen LogP contribution >= 0.6 is 0 Å². The molecule has 0 bridgehead atoms. The average molecular weight is 591 g/mol. The summed E-state index contributed by atoms with van der Waals surface area (Å²) in [6.45, 7) is 27.1. The van der Waals surface area contributed by atoms with Crippen molar-refractivity contribution in [2.45, 2.75) is 197 Å². The van der Waals surface area contributed by atoms with E-state index >= 15 is 0 Å². The van der Waals surface area contributed by atoms with Crippen molar-refractivity contribution in [1.82, 2.24) is 0 Å². The highest BCUT2D eigenvalue weighted by molar-refractivity contribution is 5.78. The van der Waals surface area contributed by atoms with E-state index in [-0.39, 0.29) is 46.4 Å². The van der Waals surface area contributed by atoms with E-state index in [9.17, 15) is 9.59 Å². The summed E-state index contributed by atoms with van der Waals surface area (Å²) in [5.41, 5.74) is -0.879. The minimum absolute atomic E-state index is 0.0292. The number of hydrogen-bond acceptors (Lipinski definition) is 4. The first-order valence-electron chi connectivity index (χ1n) is 17.5. The minimum atomic E-state index is -0.498. The molecule has 246 valence electrons. The Hall–Kier alpha value is -1.06. The summed E-state index contributed by atoms with van der Waals surface area (Å²) in [6, 6.07) is 0. The summed E-state index contributed by atoms with van der Waals surface area (Å²) < 4.78 is 13.3. The van der Waals surface area contributed by atoms with Gasteiger partial charge in [-0.3, -0.25) is 9.59 Å². The molecule has 0 aliphatic heterocycles. The van der Waals surface area contributed by atoms with Gasteiger partial charge in [0.2, 0.25) is 0 Å². The van der Waals surface area contributed by atoms with Crippen molar-refractivity contribution in [3.05, 3.63) is 0 Å². The second kappa shape index (κ2) is 14.4. The lowest BCUT2D eigenvalue weighted by Gasteiger charge is -2.48. The van der Waals surface area contributed by atoms with E-state index in [1.807, 2.05) is 0 Å². The first-order valence-corrected chi connectivity index (χ1v) is 17.5. The zero-order valence-electron chi connectivity index (χ0n) is 30.1. The maximum absolute atomic E-state index is 13.7. The third-order valence-corrected chi connectivity index (χ3v) is 9.18. The summed E-state index contributed by atoms with van der Waals surface area (Å²) in [7, 11) is 0. The molecule has 0 radical (unpaired) electrons. The van der Waals surface area contributed by atoms with Crippen LogP contribution in [0.5, 0.6) is 0 Å². The van der Waals surface area contributed by atoms with Gasteiger partial charge < -0.3 is 9.47 Å². The highest BCUT2D eigenvalue weighted by atomic mass is 16.6. The number of rotatable bonds is 11. The van der Waals surface area contributed by atoms with Crippen molar-refractivity contribution < 1.29 is 19.1 Å². The van der Waals surface area contributed by atoms with E-state index in [4.69, 9.17) is 9.47 Å². The maximum Gasteiger partial charge on any atom is 0.306 e. The first-order chi connectivity index (χ1) is 19.0. The molecule has 2 aliphatic rings. The Bertz CT molecular complexity index is 741. The van der Waals surface area contributed by atoms with E-state index in [1.54, 1.807) is 0 Å². The quantitative estimate of drug-likeness (QED) is 0.225. The molecule has 4 heteroatoms. The number of carbonyl (C=O) groups excluding carboxylic acids is 2. The standard InChI is InChI=1S/C38H70O4/c1-33(2,3)25-37(26-34(4,5)6,29-19-15-13-16-20-29)41-31(39)23-24-32(40)42-38(27-35(7,8)9,28-36(10,11)12)30-21-17-14-18-22-30/h29-30H,13-28H2,1-12H3. The monoisotopic (exact) mass is 591 g/mol. The number of ether oxygens (including phenoxy) is 2. The van der Waals surface area contributed by atoms with Gasteiger partial charge in [0.05, 0.1) is 12.8 Å². The Labute approximate surface area is 261 Å². The topological polar surface area (TPSA) is 52.6 Å². The molecule has 2 fully saturated rings. The van der Waals surface area contributed by atoms with Crippen LogP contribution in [0.4, 0.5) is 0 Å². The van der Waals surface area contributed by atoms with Crippen LogP contribution in [0.15, 0.2) is 0 Å². The molecule has 0 aromatic carbocycles. The highest BCUT2D eigenvalue weighted by Gasteiger charge is 2.49. The van der Waals surface area contributed by atoms with E-state index in [0.29, 0.717) is 11.8 Å². The SMILES string of the molecule is CC(C)(C)CC(CC(C)(C)C)(OC(=O)CCC(=O)OC(CC(C)(C)C)(CC(C)(C)C)C1CCCCC1)C1CCCCC1. The zero-order valence-corrected chi connectivity index (χ0v) is 30.1. The van der Waals surface area contributed by atoms with Crippen LogP contribution in [0.1, 0.15) is 186 Å². The maximum atomic E-state index is 13.7. The fourth-order valence-electron chi connectivity index (χ4n) is 8.62. The van der Waals surface area contributed by atoms with Crippen LogP contribution in [0, 0.1) is 33.5 Å². The van der Waals surface area contributed by atoms with E-state index in [1.165, 1.54) is 38.5 Å². The average Bonchev–Trinajstić information content (AvgIpc) is 2.79. The van der Waals surface area contributed by atoms with Crippen LogP contribution < -0.4 is 0 Å². The Morgan fingerprint density at radius 2 is 0.690 bits per heavy atom. The summed E-state index contributed by atoms with van der Waals surface area (Å²) in [6.07, 6.45) is 15.4. The molecule has 2 aliphatic carbocycles. The van der Waals surface area contributed by atoms with Crippen molar-refractivity contribution in [1.29, 1.82) is 0 Å². The molecule has 0 aromatic rings. The molecule has 42 heavy (non-hydrogen) atoms. The second-order valence-corrected chi connectivity index (χ2v) is 19.2. The summed E-state index contributed by atoms with van der Waals surface area (Å²) in [4.78, 5) is 27.3. The molecule has 4 nitrogen and oxygen atoms in total. The molecule has 2 saturated carbocycles. The van der Waals surface area contributed by atoms with Gasteiger partial charge in [0.15, 0.2) is 0 Å². The van der Waals surface area contributed by atoms with Crippen LogP contribution in [0.25, 0.3) is 0 Å². The van der Waals surface area contributed by atoms with Gasteiger partial charge in [0.25, 0.3) is 0 Å². The number of esters is 2. The molecule has 0 atom stereocenters. The van der Waals surface area contributed by atoms with E-state index < -0.39 is 11.2 Å². The smallest absolute Gasteiger partial charge is 0.306 e. The molecule has 0 amide bonds. The van der Waals surface area contributed by atoms with Gasteiger partial charge in [0, 0.05) is 0 Å². The molecule has 2 rings (SSSR count). The molecule has 0 saturated heterocycles. The molecular weight excluding hydrogens is 520 g/mol. The fraction of sp³-hybridized carbons (Fsp3) is 0.947.